The number of fused-ring (bicyclic) bond motifs is 1. The van der Waals surface area contributed by atoms with Crippen LogP contribution in [0.15, 0.2) is 88.1 Å². The van der Waals surface area contributed by atoms with Gasteiger partial charge in [-0.05, 0) is 29.3 Å². The van der Waals surface area contributed by atoms with E-state index in [4.69, 9.17) is 13.9 Å². The van der Waals surface area contributed by atoms with E-state index < -0.39 is 11.6 Å². The Morgan fingerprint density at radius 1 is 0.903 bits per heavy atom. The number of rotatable bonds is 7. The van der Waals surface area contributed by atoms with Crippen molar-refractivity contribution in [3.05, 3.63) is 106 Å². The van der Waals surface area contributed by atoms with Gasteiger partial charge in [-0.15, -0.1) is 0 Å². The molecule has 0 radical (unpaired) electrons. The Morgan fingerprint density at radius 3 is 2.52 bits per heavy atom. The Morgan fingerprint density at radius 2 is 1.68 bits per heavy atom. The second-order valence-electron chi connectivity index (χ2n) is 6.99. The summed E-state index contributed by atoms with van der Waals surface area (Å²) in [6, 6.07) is 23.2. The minimum Gasteiger partial charge on any atom is -0.508 e. The minimum atomic E-state index is -0.588. The highest BCUT2D eigenvalue weighted by Crippen LogP contribution is 2.23. The van der Waals surface area contributed by atoms with Gasteiger partial charge in [0.1, 0.15) is 23.7 Å². The number of para-hydroxylation sites is 1. The van der Waals surface area contributed by atoms with Gasteiger partial charge in [0.25, 0.3) is 0 Å². The van der Waals surface area contributed by atoms with Crippen molar-refractivity contribution in [1.82, 2.24) is 0 Å². The summed E-state index contributed by atoms with van der Waals surface area (Å²) in [6.07, 6.45) is 0.685. The molecular formula is C25H20O6. The molecule has 156 valence electrons. The third-order valence-corrected chi connectivity index (χ3v) is 4.76. The average Bonchev–Trinajstić information content (AvgIpc) is 2.77. The van der Waals surface area contributed by atoms with Crippen LogP contribution in [0.5, 0.6) is 11.5 Å². The van der Waals surface area contributed by atoms with Crippen LogP contribution in [0.2, 0.25) is 0 Å². The molecular weight excluding hydrogens is 396 g/mol. The molecule has 1 aromatic heterocycles. The Labute approximate surface area is 178 Å². The molecule has 3 aromatic carbocycles. The molecule has 0 bridgehead atoms. The minimum absolute atomic E-state index is 0.0210. The Hall–Kier alpha value is -4.06. The van der Waals surface area contributed by atoms with Crippen LogP contribution in [0.1, 0.15) is 16.7 Å². The third kappa shape index (κ3) is 5.11. The number of benzene rings is 3. The van der Waals surface area contributed by atoms with Crippen molar-refractivity contribution in [1.29, 1.82) is 0 Å². The molecule has 4 aromatic rings. The standard InChI is InChI=1S/C25H20O6/c26-20-10-11-21-19(13-24(27)31-23(21)14-20)15-30-25(28)16-29-22-9-5-4-8-18(22)12-17-6-2-1-3-7-17/h1-11,13-14,26H,12,15-16H2. The Kier molecular flexibility index (Phi) is 5.98. The average molecular weight is 416 g/mol. The Bertz CT molecular complexity index is 1260. The summed E-state index contributed by atoms with van der Waals surface area (Å²) in [5.41, 5.74) is 2.24. The fraction of sp³-hybridized carbons (Fsp3) is 0.120. The molecule has 4 rings (SSSR count). The molecule has 6 nitrogen and oxygen atoms in total. The lowest BCUT2D eigenvalue weighted by atomic mass is 10.0. The first-order chi connectivity index (χ1) is 15.1. The second-order valence-corrected chi connectivity index (χ2v) is 6.99. The maximum Gasteiger partial charge on any atom is 0.344 e. The lowest BCUT2D eigenvalue weighted by Crippen LogP contribution is -2.16. The number of hydrogen-bond acceptors (Lipinski definition) is 6. The van der Waals surface area contributed by atoms with Crippen molar-refractivity contribution in [3.63, 3.8) is 0 Å². The van der Waals surface area contributed by atoms with Crippen LogP contribution in [0, 0.1) is 0 Å². The van der Waals surface area contributed by atoms with E-state index >= 15 is 0 Å². The molecule has 0 aliphatic heterocycles. The number of carbonyl (C=O) groups is 1. The molecule has 31 heavy (non-hydrogen) atoms. The molecule has 0 aliphatic carbocycles. The zero-order valence-electron chi connectivity index (χ0n) is 16.6. The van der Waals surface area contributed by atoms with Crippen molar-refractivity contribution >= 4 is 16.9 Å². The zero-order valence-corrected chi connectivity index (χ0v) is 16.6. The summed E-state index contributed by atoms with van der Waals surface area (Å²) in [6.45, 7) is -0.368. The highest BCUT2D eigenvalue weighted by atomic mass is 16.6. The SMILES string of the molecule is O=C(COc1ccccc1Cc1ccccc1)OCc1cc(=O)oc2cc(O)ccc12. The van der Waals surface area contributed by atoms with E-state index in [2.05, 4.69) is 0 Å². The molecule has 6 heteroatoms. The number of aromatic hydroxyl groups is 1. The normalized spacial score (nSPS) is 10.7. The highest BCUT2D eigenvalue weighted by Gasteiger charge is 2.11. The van der Waals surface area contributed by atoms with Crippen molar-refractivity contribution < 1.29 is 23.8 Å². The zero-order chi connectivity index (χ0) is 21.6. The smallest absolute Gasteiger partial charge is 0.344 e. The van der Waals surface area contributed by atoms with Gasteiger partial charge in [0.2, 0.25) is 0 Å². The molecule has 0 fully saturated rings. The first kappa shape index (κ1) is 20.2. The molecule has 0 atom stereocenters. The number of phenols is 1. The summed E-state index contributed by atoms with van der Waals surface area (Å²) in [4.78, 5) is 24.0. The lowest BCUT2D eigenvalue weighted by molar-refractivity contribution is -0.147. The fourth-order valence-electron chi connectivity index (χ4n) is 3.28. The van der Waals surface area contributed by atoms with Gasteiger partial charge in [-0.2, -0.15) is 0 Å². The van der Waals surface area contributed by atoms with E-state index in [1.807, 2.05) is 54.6 Å². The molecule has 0 unspecified atom stereocenters. The molecule has 0 saturated carbocycles. The summed E-state index contributed by atoms with van der Waals surface area (Å²) in [5, 5.41) is 10.1. The van der Waals surface area contributed by atoms with E-state index in [-0.39, 0.29) is 24.5 Å². The predicted octanol–water partition coefficient (Wildman–Crippen LogP) is 4.21. The van der Waals surface area contributed by atoms with Crippen LogP contribution in [0.4, 0.5) is 0 Å². The fourth-order valence-corrected chi connectivity index (χ4v) is 3.28. The molecule has 0 amide bonds. The quantitative estimate of drug-likeness (QED) is 0.359. The van der Waals surface area contributed by atoms with Crippen molar-refractivity contribution in [2.45, 2.75) is 13.0 Å². The monoisotopic (exact) mass is 416 g/mol. The van der Waals surface area contributed by atoms with Gasteiger partial charge in [-0.25, -0.2) is 9.59 Å². The van der Waals surface area contributed by atoms with E-state index in [0.717, 1.165) is 11.1 Å². The summed E-state index contributed by atoms with van der Waals surface area (Å²) in [5.74, 6) is 0.0339. The second kappa shape index (κ2) is 9.17. The van der Waals surface area contributed by atoms with E-state index in [0.29, 0.717) is 23.1 Å². The van der Waals surface area contributed by atoms with E-state index in [1.165, 1.54) is 18.2 Å². The van der Waals surface area contributed by atoms with E-state index in [9.17, 15) is 14.7 Å². The maximum atomic E-state index is 12.2. The number of carbonyl (C=O) groups excluding carboxylic acids is 1. The predicted molar refractivity (Wildman–Crippen MR) is 115 cm³/mol. The van der Waals surface area contributed by atoms with Gasteiger partial charge >= 0.3 is 11.6 Å². The van der Waals surface area contributed by atoms with Crippen LogP contribution < -0.4 is 10.4 Å². The van der Waals surface area contributed by atoms with Gasteiger partial charge in [-0.3, -0.25) is 0 Å². The molecule has 0 saturated heterocycles. The number of hydrogen-bond donors (Lipinski definition) is 1. The largest absolute Gasteiger partial charge is 0.508 e. The number of ether oxygens (including phenoxy) is 2. The van der Waals surface area contributed by atoms with Crippen molar-refractivity contribution in [2.75, 3.05) is 6.61 Å². The highest BCUT2D eigenvalue weighted by molar-refractivity contribution is 5.81. The van der Waals surface area contributed by atoms with Gasteiger partial charge < -0.3 is 19.0 Å². The molecule has 0 spiro atoms. The van der Waals surface area contributed by atoms with Crippen LogP contribution in [0.25, 0.3) is 11.0 Å². The van der Waals surface area contributed by atoms with Gasteiger partial charge in [-0.1, -0.05) is 48.5 Å². The lowest BCUT2D eigenvalue weighted by Gasteiger charge is -2.12. The Balaban J connectivity index is 1.40. The molecule has 1 heterocycles. The van der Waals surface area contributed by atoms with Crippen molar-refractivity contribution in [3.8, 4) is 11.5 Å². The number of phenolic OH excluding ortho intramolecular Hbond substituents is 1. The summed E-state index contributed by atoms with van der Waals surface area (Å²) < 4.78 is 16.1. The number of esters is 1. The maximum absolute atomic E-state index is 12.2. The van der Waals surface area contributed by atoms with Crippen molar-refractivity contribution in [2.24, 2.45) is 0 Å². The molecule has 0 aliphatic rings. The van der Waals surface area contributed by atoms with Crippen LogP contribution in [0.3, 0.4) is 0 Å². The van der Waals surface area contributed by atoms with E-state index in [1.54, 1.807) is 6.07 Å². The van der Waals surface area contributed by atoms with Crippen LogP contribution in [-0.4, -0.2) is 17.7 Å². The topological polar surface area (TPSA) is 86.0 Å². The first-order valence-electron chi connectivity index (χ1n) is 9.74. The molecule has 1 N–H and O–H groups in total. The summed E-state index contributed by atoms with van der Waals surface area (Å²) >= 11 is 0. The first-order valence-corrected chi connectivity index (χ1v) is 9.74. The van der Waals surface area contributed by atoms with Gasteiger partial charge in [0.15, 0.2) is 6.61 Å². The van der Waals surface area contributed by atoms with Gasteiger partial charge in [0.05, 0.1) is 0 Å². The third-order valence-electron chi connectivity index (χ3n) is 4.76. The van der Waals surface area contributed by atoms with Crippen LogP contribution >= 0.6 is 0 Å². The summed E-state index contributed by atoms with van der Waals surface area (Å²) in [7, 11) is 0. The van der Waals surface area contributed by atoms with Gasteiger partial charge in [0, 0.05) is 29.5 Å². The van der Waals surface area contributed by atoms with Crippen LogP contribution in [-0.2, 0) is 22.6 Å².